The zero-order valence-electron chi connectivity index (χ0n) is 5.98. The average molecular weight is 132 g/mol. The van der Waals surface area contributed by atoms with Crippen molar-refractivity contribution in [3.63, 3.8) is 0 Å². The molecule has 0 fully saturated rings. The van der Waals surface area contributed by atoms with Crippen LogP contribution in [0.4, 0.5) is 4.39 Å². The van der Waals surface area contributed by atoms with E-state index >= 15 is 0 Å². The van der Waals surface area contributed by atoms with Gasteiger partial charge in [0.1, 0.15) is 12.0 Å². The molecule has 0 saturated carbocycles. The van der Waals surface area contributed by atoms with Gasteiger partial charge in [-0.3, -0.25) is 4.79 Å². The number of hydrogen-bond acceptors (Lipinski definition) is 1. The van der Waals surface area contributed by atoms with Crippen LogP contribution in [0.2, 0.25) is 0 Å². The summed E-state index contributed by atoms with van der Waals surface area (Å²) in [6.45, 7) is 3.50. The first-order chi connectivity index (χ1) is 4.20. The monoisotopic (exact) mass is 132 g/mol. The number of carbonyl (C=O) groups excluding carboxylic acids is 1. The van der Waals surface area contributed by atoms with E-state index in [9.17, 15) is 9.18 Å². The van der Waals surface area contributed by atoms with E-state index in [0.29, 0.717) is 12.8 Å². The average Bonchev–Trinajstić information content (AvgIpc) is 1.87. The molecule has 0 aromatic rings. The van der Waals surface area contributed by atoms with Crippen molar-refractivity contribution >= 4 is 5.78 Å². The Morgan fingerprint density at radius 3 is 2.44 bits per heavy atom. The summed E-state index contributed by atoms with van der Waals surface area (Å²) >= 11 is 0. The topological polar surface area (TPSA) is 17.1 Å². The molecule has 0 aliphatic rings. The highest BCUT2D eigenvalue weighted by Crippen LogP contribution is 2.03. The molecule has 0 spiro atoms. The molecular formula is C7H13FO. The van der Waals surface area contributed by atoms with Gasteiger partial charge in [-0.25, -0.2) is 4.39 Å². The quantitative estimate of drug-likeness (QED) is 0.572. The summed E-state index contributed by atoms with van der Waals surface area (Å²) in [5.74, 6) is 0.0179. The summed E-state index contributed by atoms with van der Waals surface area (Å²) in [6.07, 6.45) is 0.0940. The third-order valence-electron chi connectivity index (χ3n) is 1.29. The molecule has 0 radical (unpaired) electrons. The first-order valence-corrected chi connectivity index (χ1v) is 3.36. The number of halogens is 1. The van der Waals surface area contributed by atoms with Crippen LogP contribution in [0, 0.1) is 0 Å². The van der Waals surface area contributed by atoms with Crippen molar-refractivity contribution in [1.82, 2.24) is 0 Å². The molecule has 0 N–H and O–H groups in total. The Kier molecular flexibility index (Phi) is 4.28. The third kappa shape index (κ3) is 4.13. The van der Waals surface area contributed by atoms with E-state index in [1.165, 1.54) is 0 Å². The molecule has 1 nitrogen and oxygen atoms in total. The molecule has 0 heterocycles. The SMILES string of the molecule is CCC(=O)CC(F)CC. The number of hydrogen-bond donors (Lipinski definition) is 0. The van der Waals surface area contributed by atoms with Gasteiger partial charge < -0.3 is 0 Å². The van der Waals surface area contributed by atoms with Crippen LogP contribution >= 0.6 is 0 Å². The predicted octanol–water partition coefficient (Wildman–Crippen LogP) is 2.10. The van der Waals surface area contributed by atoms with E-state index in [1.807, 2.05) is 0 Å². The van der Waals surface area contributed by atoms with Gasteiger partial charge >= 0.3 is 0 Å². The number of Topliss-reactive ketones (excluding diaryl/α,β-unsaturated/α-hetero) is 1. The summed E-state index contributed by atoms with van der Waals surface area (Å²) in [7, 11) is 0. The number of ketones is 1. The number of carbonyl (C=O) groups is 1. The lowest BCUT2D eigenvalue weighted by Gasteiger charge is -2.00. The summed E-state index contributed by atoms with van der Waals surface area (Å²) in [4.78, 5) is 10.5. The first kappa shape index (κ1) is 8.60. The van der Waals surface area contributed by atoms with Gasteiger partial charge in [-0.2, -0.15) is 0 Å². The molecule has 1 atom stereocenters. The first-order valence-electron chi connectivity index (χ1n) is 3.36. The van der Waals surface area contributed by atoms with Gasteiger partial charge in [-0.1, -0.05) is 13.8 Å². The normalized spacial score (nSPS) is 13.2. The maximum absolute atomic E-state index is 12.3. The van der Waals surface area contributed by atoms with Crippen molar-refractivity contribution in [3.8, 4) is 0 Å². The largest absolute Gasteiger partial charge is 0.300 e. The van der Waals surface area contributed by atoms with E-state index in [2.05, 4.69) is 0 Å². The second-order valence-corrected chi connectivity index (χ2v) is 2.10. The molecule has 0 aromatic carbocycles. The zero-order valence-corrected chi connectivity index (χ0v) is 5.98. The Balaban J connectivity index is 3.34. The van der Waals surface area contributed by atoms with Crippen LogP contribution in [-0.4, -0.2) is 12.0 Å². The second kappa shape index (κ2) is 4.48. The Morgan fingerprint density at radius 1 is 1.56 bits per heavy atom. The Morgan fingerprint density at radius 2 is 2.11 bits per heavy atom. The third-order valence-corrected chi connectivity index (χ3v) is 1.29. The van der Waals surface area contributed by atoms with Gasteiger partial charge in [-0.05, 0) is 6.42 Å². The Bertz CT molecular complexity index is 90.9. The number of alkyl halides is 1. The molecule has 0 saturated heterocycles. The minimum absolute atomic E-state index is 0.0179. The van der Waals surface area contributed by atoms with Gasteiger partial charge in [0.25, 0.3) is 0 Å². The van der Waals surface area contributed by atoms with Crippen LogP contribution < -0.4 is 0 Å². The lowest BCUT2D eigenvalue weighted by molar-refractivity contribution is -0.119. The Labute approximate surface area is 55.3 Å². The molecule has 0 bridgehead atoms. The molecule has 0 amide bonds. The molecule has 54 valence electrons. The summed E-state index contributed by atoms with van der Waals surface area (Å²) in [6, 6.07) is 0. The van der Waals surface area contributed by atoms with Crippen molar-refractivity contribution in [2.45, 2.75) is 39.3 Å². The fourth-order valence-corrected chi connectivity index (χ4v) is 0.536. The highest BCUT2D eigenvalue weighted by atomic mass is 19.1. The van der Waals surface area contributed by atoms with Crippen molar-refractivity contribution in [3.05, 3.63) is 0 Å². The molecule has 0 rings (SSSR count). The lowest BCUT2D eigenvalue weighted by Crippen LogP contribution is -2.06. The maximum atomic E-state index is 12.3. The molecule has 9 heavy (non-hydrogen) atoms. The zero-order chi connectivity index (χ0) is 7.28. The van der Waals surface area contributed by atoms with Crippen LogP contribution in [0.1, 0.15) is 33.1 Å². The minimum Gasteiger partial charge on any atom is -0.300 e. The maximum Gasteiger partial charge on any atom is 0.135 e. The van der Waals surface area contributed by atoms with Crippen molar-refractivity contribution in [2.75, 3.05) is 0 Å². The summed E-state index contributed by atoms with van der Waals surface area (Å²) < 4.78 is 12.3. The van der Waals surface area contributed by atoms with E-state index in [1.54, 1.807) is 13.8 Å². The van der Waals surface area contributed by atoms with Crippen molar-refractivity contribution < 1.29 is 9.18 Å². The highest BCUT2D eigenvalue weighted by Gasteiger charge is 2.07. The molecule has 1 unspecified atom stereocenters. The summed E-state index contributed by atoms with van der Waals surface area (Å²) in [5.41, 5.74) is 0. The van der Waals surface area contributed by atoms with Crippen LogP contribution in [0.15, 0.2) is 0 Å². The van der Waals surface area contributed by atoms with E-state index in [4.69, 9.17) is 0 Å². The minimum atomic E-state index is -0.919. The molecule has 2 heteroatoms. The second-order valence-electron chi connectivity index (χ2n) is 2.10. The van der Waals surface area contributed by atoms with Gasteiger partial charge in [0.2, 0.25) is 0 Å². The van der Waals surface area contributed by atoms with Crippen LogP contribution in [-0.2, 0) is 4.79 Å². The van der Waals surface area contributed by atoms with Crippen molar-refractivity contribution in [1.29, 1.82) is 0 Å². The highest BCUT2D eigenvalue weighted by molar-refractivity contribution is 5.78. The molecular weight excluding hydrogens is 119 g/mol. The lowest BCUT2D eigenvalue weighted by atomic mass is 10.1. The van der Waals surface area contributed by atoms with Crippen molar-refractivity contribution in [2.24, 2.45) is 0 Å². The fraction of sp³-hybridized carbons (Fsp3) is 0.857. The van der Waals surface area contributed by atoms with E-state index < -0.39 is 6.17 Å². The smallest absolute Gasteiger partial charge is 0.135 e. The fourth-order valence-electron chi connectivity index (χ4n) is 0.536. The molecule has 0 aromatic heterocycles. The van der Waals surface area contributed by atoms with Crippen LogP contribution in [0.5, 0.6) is 0 Å². The van der Waals surface area contributed by atoms with Gasteiger partial charge in [0.15, 0.2) is 0 Å². The van der Waals surface area contributed by atoms with Crippen LogP contribution in [0.25, 0.3) is 0 Å². The van der Waals surface area contributed by atoms with Gasteiger partial charge in [-0.15, -0.1) is 0 Å². The summed E-state index contributed by atoms with van der Waals surface area (Å²) in [5, 5.41) is 0. The molecule has 0 aliphatic heterocycles. The van der Waals surface area contributed by atoms with E-state index in [-0.39, 0.29) is 12.2 Å². The molecule has 0 aliphatic carbocycles. The Hall–Kier alpha value is -0.400. The predicted molar refractivity (Wildman–Crippen MR) is 35.1 cm³/mol. The van der Waals surface area contributed by atoms with Gasteiger partial charge in [0.05, 0.1) is 0 Å². The van der Waals surface area contributed by atoms with Gasteiger partial charge in [0, 0.05) is 12.8 Å². The van der Waals surface area contributed by atoms with E-state index in [0.717, 1.165) is 0 Å². The standard InChI is InChI=1S/C7H13FO/c1-3-6(8)5-7(9)4-2/h6H,3-5H2,1-2H3. The number of rotatable bonds is 4. The van der Waals surface area contributed by atoms with Crippen LogP contribution in [0.3, 0.4) is 0 Å².